The Balaban J connectivity index is 1.22. The smallest absolute Gasteiger partial charge is 0.410 e. The number of nitrogens with one attached hydrogen (secondary N) is 2. The summed E-state index contributed by atoms with van der Waals surface area (Å²) in [7, 11) is 7.45. The molecule has 0 aromatic heterocycles. The Bertz CT molecular complexity index is 1210. The van der Waals surface area contributed by atoms with E-state index in [1.165, 1.54) is 11.1 Å². The van der Waals surface area contributed by atoms with Crippen LogP contribution in [0.2, 0.25) is 0 Å². The zero-order valence-corrected chi connectivity index (χ0v) is 27.5. The number of hydrogen-bond donors (Lipinski definition) is 4. The van der Waals surface area contributed by atoms with E-state index in [0.29, 0.717) is 12.6 Å². The molecule has 1 saturated heterocycles. The molecule has 2 bridgehead atoms. The van der Waals surface area contributed by atoms with Gasteiger partial charge in [0.2, 0.25) is 5.91 Å². The lowest BCUT2D eigenvalue weighted by atomic mass is 9.44. The summed E-state index contributed by atoms with van der Waals surface area (Å²) in [4.78, 5) is 30.5. The fourth-order valence-corrected chi connectivity index (χ4v) is 8.67. The quantitative estimate of drug-likeness (QED) is 0.195. The second-order valence-corrected chi connectivity index (χ2v) is 13.8. The zero-order valence-electron chi connectivity index (χ0n) is 27.5. The van der Waals surface area contributed by atoms with Gasteiger partial charge in [0.1, 0.15) is 12.2 Å². The van der Waals surface area contributed by atoms with Crippen LogP contribution in [-0.2, 0) is 21.4 Å². The van der Waals surface area contributed by atoms with Gasteiger partial charge in [-0.3, -0.25) is 4.79 Å². The molecule has 2 amide bonds. The Morgan fingerprint density at radius 1 is 1.20 bits per heavy atom. The Kier molecular flexibility index (Phi) is 9.70. The van der Waals surface area contributed by atoms with Crippen LogP contribution in [0.3, 0.4) is 0 Å². The number of methoxy groups -OCH3 is 1. The average Bonchev–Trinajstić information content (AvgIpc) is 3.36. The Morgan fingerprint density at radius 3 is 2.66 bits per heavy atom. The van der Waals surface area contributed by atoms with Crippen LogP contribution in [0.15, 0.2) is 12.1 Å². The maximum absolute atomic E-state index is 13.6. The van der Waals surface area contributed by atoms with Gasteiger partial charge in [-0.05, 0) is 83.1 Å². The fraction of sp³-hybridized carbons (Fsp3) is 0.758. The van der Waals surface area contributed by atoms with Gasteiger partial charge >= 0.3 is 6.09 Å². The van der Waals surface area contributed by atoms with Crippen molar-refractivity contribution in [3.8, 4) is 11.5 Å². The van der Waals surface area contributed by atoms with E-state index in [1.807, 2.05) is 13.0 Å². The maximum atomic E-state index is 13.6. The molecular weight excluding hydrogens is 560 g/mol. The number of benzene rings is 1. The summed E-state index contributed by atoms with van der Waals surface area (Å²) in [5.74, 6) is 1.51. The summed E-state index contributed by atoms with van der Waals surface area (Å²) >= 11 is 0. The Hall–Kier alpha value is -2.60. The van der Waals surface area contributed by atoms with Gasteiger partial charge in [-0.2, -0.15) is 0 Å². The molecule has 3 unspecified atom stereocenters. The predicted octanol–water partition coefficient (Wildman–Crippen LogP) is 2.48. The molecule has 1 saturated carbocycles. The van der Waals surface area contributed by atoms with E-state index in [9.17, 15) is 9.59 Å². The van der Waals surface area contributed by atoms with Crippen LogP contribution in [0.4, 0.5) is 4.79 Å². The largest absolute Gasteiger partial charge is 0.493 e. The van der Waals surface area contributed by atoms with Crippen molar-refractivity contribution in [1.29, 1.82) is 0 Å². The van der Waals surface area contributed by atoms with Crippen molar-refractivity contribution in [2.24, 2.45) is 16.9 Å². The average molecular weight is 615 g/mol. The van der Waals surface area contributed by atoms with E-state index in [4.69, 9.17) is 25.7 Å². The zero-order chi connectivity index (χ0) is 31.8. The molecule has 6 N–H and O–H groups in total. The normalized spacial score (nSPS) is 29.8. The highest BCUT2D eigenvalue weighted by Gasteiger charge is 2.71. The predicted molar refractivity (Wildman–Crippen MR) is 170 cm³/mol. The van der Waals surface area contributed by atoms with Gasteiger partial charge in [-0.1, -0.05) is 32.3 Å². The van der Waals surface area contributed by atoms with Gasteiger partial charge in [-0.25, -0.2) is 4.79 Å². The molecule has 2 fully saturated rings. The van der Waals surface area contributed by atoms with Crippen molar-refractivity contribution in [2.75, 3.05) is 41.3 Å². The van der Waals surface area contributed by atoms with Crippen molar-refractivity contribution in [3.63, 3.8) is 0 Å². The summed E-state index contributed by atoms with van der Waals surface area (Å²) in [6.07, 6.45) is 6.65. The molecule has 5 rings (SSSR count). The molecule has 2 aliphatic carbocycles. The summed E-state index contributed by atoms with van der Waals surface area (Å²) in [6, 6.07) is 4.08. The molecule has 44 heavy (non-hydrogen) atoms. The molecule has 1 aromatic carbocycles. The lowest BCUT2D eigenvalue weighted by molar-refractivity contribution is -0.150. The van der Waals surface area contributed by atoms with Crippen LogP contribution in [0, 0.1) is 5.41 Å². The van der Waals surface area contributed by atoms with Crippen LogP contribution < -0.4 is 31.6 Å². The second-order valence-electron chi connectivity index (χ2n) is 13.8. The van der Waals surface area contributed by atoms with Gasteiger partial charge in [0.05, 0.1) is 19.3 Å². The minimum atomic E-state index is -0.396. The number of likely N-dealkylation sites (tertiary alicyclic amines) is 1. The lowest BCUT2D eigenvalue weighted by Crippen LogP contribution is -2.72. The molecule has 2 aliphatic heterocycles. The number of carbonyl (C=O) groups is 2. The third kappa shape index (κ3) is 5.54. The van der Waals surface area contributed by atoms with Gasteiger partial charge in [0.15, 0.2) is 11.5 Å². The fourth-order valence-electron chi connectivity index (χ4n) is 8.67. The molecule has 7 atom stereocenters. The Labute approximate surface area is 262 Å². The number of ether oxygens (including phenoxy) is 3. The molecule has 1 spiro atoms. The van der Waals surface area contributed by atoms with Gasteiger partial charge in [-0.15, -0.1) is 0 Å². The molecular formula is C33H54N6O5. The molecule has 11 heteroatoms. The first kappa shape index (κ1) is 32.8. The maximum Gasteiger partial charge on any atom is 0.410 e. The van der Waals surface area contributed by atoms with E-state index in [1.54, 1.807) is 26.1 Å². The van der Waals surface area contributed by atoms with Crippen molar-refractivity contribution in [1.82, 2.24) is 20.4 Å². The Morgan fingerprint density at radius 2 is 1.95 bits per heavy atom. The highest BCUT2D eigenvalue weighted by atomic mass is 16.6. The standard InChI is InChI=1S/C33H54N6O5/c1-20(19-37-30(40)22(36-3)10-8-7-9-11-26(34)35)39(5)31(41)43-24-14-15-32(2)25-18-21-12-13-23(42-6)28-27(21)33(32,29(24)44-28)16-17-38(25)4/h12-13,20,22,24-26,29,36H,7-11,14-19,34-35H2,1-6H3,(H,37,40)/t20?,22-,24?,25+,29?,32-,33-/m0/s1. The number of rotatable bonds is 13. The van der Waals surface area contributed by atoms with Gasteiger partial charge < -0.3 is 46.1 Å². The first-order valence-electron chi connectivity index (χ1n) is 16.4. The highest BCUT2D eigenvalue weighted by molar-refractivity contribution is 5.81. The number of nitrogens with two attached hydrogens (primary N) is 2. The SMILES string of the molecule is CN[C@@H](CCCCCC(N)N)C(=O)NCC(C)N(C)C(=O)OC1CC[C@@]2(C)[C@H]3Cc4ccc(OC)c5c4[C@@]2(CCN3C)C1O5. The summed E-state index contributed by atoms with van der Waals surface area (Å²) < 4.78 is 18.9. The van der Waals surface area contributed by atoms with Crippen LogP contribution >= 0.6 is 0 Å². The number of piperidine rings is 1. The van der Waals surface area contributed by atoms with Crippen molar-refractivity contribution < 1.29 is 23.8 Å². The highest BCUT2D eigenvalue weighted by Crippen LogP contribution is 2.69. The molecule has 11 nitrogen and oxygen atoms in total. The van der Waals surface area contributed by atoms with E-state index in [-0.39, 0.29) is 47.2 Å². The minimum Gasteiger partial charge on any atom is -0.493 e. The first-order chi connectivity index (χ1) is 21.0. The molecule has 0 radical (unpaired) electrons. The third-order valence-electron chi connectivity index (χ3n) is 11.4. The van der Waals surface area contributed by atoms with Crippen molar-refractivity contribution in [3.05, 3.63) is 23.3 Å². The molecule has 4 aliphatic rings. The van der Waals surface area contributed by atoms with E-state index >= 15 is 0 Å². The van der Waals surface area contributed by atoms with E-state index < -0.39 is 6.09 Å². The number of nitrogens with zero attached hydrogens (tertiary/aromatic N) is 2. The number of amides is 2. The van der Waals surface area contributed by atoms with Crippen LogP contribution in [0.1, 0.15) is 76.3 Å². The van der Waals surface area contributed by atoms with Crippen molar-refractivity contribution >= 4 is 12.0 Å². The summed E-state index contributed by atoms with van der Waals surface area (Å²) in [6.45, 7) is 5.65. The first-order valence-corrected chi connectivity index (χ1v) is 16.4. The summed E-state index contributed by atoms with van der Waals surface area (Å²) in [5.41, 5.74) is 13.6. The number of carbonyl (C=O) groups excluding carboxylic acids is 2. The monoisotopic (exact) mass is 614 g/mol. The van der Waals surface area contributed by atoms with Crippen LogP contribution in [0.5, 0.6) is 11.5 Å². The van der Waals surface area contributed by atoms with Crippen LogP contribution in [-0.4, -0.2) is 99.6 Å². The topological polar surface area (TPSA) is 144 Å². The van der Waals surface area contributed by atoms with E-state index in [0.717, 1.165) is 75.8 Å². The number of likely N-dealkylation sites (N-methyl/N-ethyl adjacent to an activating group) is 3. The third-order valence-corrected chi connectivity index (χ3v) is 11.4. The van der Waals surface area contributed by atoms with Gasteiger partial charge in [0, 0.05) is 36.7 Å². The van der Waals surface area contributed by atoms with Crippen LogP contribution in [0.25, 0.3) is 0 Å². The molecule has 2 heterocycles. The lowest BCUT2D eigenvalue weighted by Gasteiger charge is -2.65. The number of hydrogen-bond acceptors (Lipinski definition) is 9. The van der Waals surface area contributed by atoms with Crippen molar-refractivity contribution in [2.45, 2.75) is 114 Å². The van der Waals surface area contributed by atoms with E-state index in [2.05, 4.69) is 35.6 Å². The molecule has 246 valence electrons. The molecule has 1 aromatic rings. The van der Waals surface area contributed by atoms with Gasteiger partial charge in [0.25, 0.3) is 0 Å². The summed E-state index contributed by atoms with van der Waals surface area (Å²) in [5, 5.41) is 6.13. The number of unbranched alkanes of at least 4 members (excludes halogenated alkanes) is 2. The minimum absolute atomic E-state index is 0.00275. The second kappa shape index (κ2) is 13.0.